The van der Waals surface area contributed by atoms with Gasteiger partial charge in [-0.1, -0.05) is 42.5 Å². The molecule has 1 aliphatic rings. The molecule has 2 aromatic carbocycles. The zero-order chi connectivity index (χ0) is 20.1. The van der Waals surface area contributed by atoms with Crippen LogP contribution in [0.4, 0.5) is 0 Å². The molecule has 1 fully saturated rings. The van der Waals surface area contributed by atoms with Gasteiger partial charge in [0.1, 0.15) is 5.76 Å². The van der Waals surface area contributed by atoms with Crippen LogP contribution >= 0.6 is 0 Å². The molecule has 5 nitrogen and oxygen atoms in total. The average molecular weight is 390 g/mol. The van der Waals surface area contributed by atoms with Crippen molar-refractivity contribution in [2.24, 2.45) is 0 Å². The fraction of sp³-hybridized carbons (Fsp3) is 0.333. The Morgan fingerprint density at radius 2 is 1.97 bits per heavy atom. The van der Waals surface area contributed by atoms with Crippen LogP contribution in [-0.4, -0.2) is 23.9 Å². The maximum atomic E-state index is 12.4. The maximum absolute atomic E-state index is 12.4. The molecule has 3 aromatic rings. The number of amides is 2. The Bertz CT molecular complexity index is 991. The highest BCUT2D eigenvalue weighted by atomic mass is 16.3. The van der Waals surface area contributed by atoms with Crippen molar-refractivity contribution in [3.8, 4) is 0 Å². The first kappa shape index (κ1) is 19.2. The van der Waals surface area contributed by atoms with Crippen LogP contribution in [0, 0.1) is 0 Å². The minimum absolute atomic E-state index is 0.00926. The quantitative estimate of drug-likeness (QED) is 0.615. The molecule has 1 unspecified atom stereocenters. The van der Waals surface area contributed by atoms with Gasteiger partial charge in [-0.2, -0.15) is 0 Å². The van der Waals surface area contributed by atoms with Gasteiger partial charge in [-0.3, -0.25) is 9.59 Å². The minimum Gasteiger partial charge on any atom is -0.469 e. The second-order valence-electron chi connectivity index (χ2n) is 7.82. The summed E-state index contributed by atoms with van der Waals surface area (Å²) in [5.74, 6) is 0.944. The van der Waals surface area contributed by atoms with Gasteiger partial charge in [-0.05, 0) is 47.7 Å². The highest BCUT2D eigenvalue weighted by Gasteiger charge is 2.38. The average Bonchev–Trinajstić information content (AvgIpc) is 3.37. The SMILES string of the molecule is O=C(CCC1(Cc2cccc3ccccc23)CCC(=O)N1)NCCc1ccco1. The van der Waals surface area contributed by atoms with E-state index < -0.39 is 0 Å². The van der Waals surface area contributed by atoms with Gasteiger partial charge >= 0.3 is 0 Å². The van der Waals surface area contributed by atoms with E-state index in [4.69, 9.17) is 4.42 Å². The number of carbonyl (C=O) groups excluding carboxylic acids is 2. The van der Waals surface area contributed by atoms with Crippen molar-refractivity contribution in [1.29, 1.82) is 0 Å². The van der Waals surface area contributed by atoms with Gasteiger partial charge in [-0.15, -0.1) is 0 Å². The number of nitrogens with one attached hydrogen (secondary N) is 2. The molecule has 150 valence electrons. The van der Waals surface area contributed by atoms with Crippen molar-refractivity contribution in [3.63, 3.8) is 0 Å². The Hall–Kier alpha value is -3.08. The van der Waals surface area contributed by atoms with Crippen LogP contribution in [0.25, 0.3) is 10.8 Å². The van der Waals surface area contributed by atoms with Crippen LogP contribution in [0.1, 0.15) is 37.0 Å². The van der Waals surface area contributed by atoms with E-state index in [1.165, 1.54) is 16.3 Å². The first-order chi connectivity index (χ1) is 14.1. The van der Waals surface area contributed by atoms with E-state index in [9.17, 15) is 9.59 Å². The number of furan rings is 1. The second kappa shape index (κ2) is 8.52. The van der Waals surface area contributed by atoms with Crippen LogP contribution < -0.4 is 10.6 Å². The fourth-order valence-electron chi connectivity index (χ4n) is 4.21. The summed E-state index contributed by atoms with van der Waals surface area (Å²) >= 11 is 0. The fourth-order valence-corrected chi connectivity index (χ4v) is 4.21. The first-order valence-corrected chi connectivity index (χ1v) is 10.2. The summed E-state index contributed by atoms with van der Waals surface area (Å²) < 4.78 is 5.29. The van der Waals surface area contributed by atoms with E-state index in [0.29, 0.717) is 32.2 Å². The third-order valence-electron chi connectivity index (χ3n) is 5.75. The molecule has 0 aliphatic carbocycles. The highest BCUT2D eigenvalue weighted by molar-refractivity contribution is 5.86. The van der Waals surface area contributed by atoms with Crippen LogP contribution in [0.2, 0.25) is 0 Å². The topological polar surface area (TPSA) is 71.3 Å². The van der Waals surface area contributed by atoms with Gasteiger partial charge < -0.3 is 15.1 Å². The van der Waals surface area contributed by atoms with E-state index in [0.717, 1.165) is 18.6 Å². The molecular weight excluding hydrogens is 364 g/mol. The first-order valence-electron chi connectivity index (χ1n) is 10.2. The molecule has 2 heterocycles. The van der Waals surface area contributed by atoms with Gasteiger partial charge in [0.25, 0.3) is 0 Å². The summed E-state index contributed by atoms with van der Waals surface area (Å²) in [5, 5.41) is 8.54. The number of carbonyl (C=O) groups is 2. The van der Waals surface area contributed by atoms with Crippen LogP contribution in [0.3, 0.4) is 0 Å². The van der Waals surface area contributed by atoms with Gasteiger partial charge in [0, 0.05) is 31.3 Å². The maximum Gasteiger partial charge on any atom is 0.220 e. The van der Waals surface area contributed by atoms with Crippen molar-refractivity contribution in [3.05, 3.63) is 72.2 Å². The summed E-state index contributed by atoms with van der Waals surface area (Å²) in [6.07, 6.45) is 5.35. The Morgan fingerprint density at radius 3 is 2.76 bits per heavy atom. The lowest BCUT2D eigenvalue weighted by Crippen LogP contribution is -2.44. The Labute approximate surface area is 170 Å². The molecule has 2 N–H and O–H groups in total. The van der Waals surface area contributed by atoms with Gasteiger partial charge in [0.2, 0.25) is 11.8 Å². The molecule has 1 aliphatic heterocycles. The lowest BCUT2D eigenvalue weighted by Gasteiger charge is -2.30. The molecule has 0 radical (unpaired) electrons. The number of fused-ring (bicyclic) bond motifs is 1. The standard InChI is InChI=1S/C24H26N2O3/c27-22(25-15-12-20-8-4-16-29-20)10-13-24(14-11-23(28)26-24)17-19-7-3-6-18-5-1-2-9-21(18)19/h1-9,16H,10-15,17H2,(H,25,27)(H,26,28). The minimum atomic E-state index is -0.362. The monoisotopic (exact) mass is 390 g/mol. The van der Waals surface area contributed by atoms with Crippen molar-refractivity contribution in [2.45, 2.75) is 44.1 Å². The van der Waals surface area contributed by atoms with E-state index in [1.54, 1.807) is 6.26 Å². The molecule has 1 saturated heterocycles. The Kier molecular flexibility index (Phi) is 5.65. The van der Waals surface area contributed by atoms with Crippen molar-refractivity contribution in [1.82, 2.24) is 10.6 Å². The lowest BCUT2D eigenvalue weighted by atomic mass is 9.83. The lowest BCUT2D eigenvalue weighted by molar-refractivity contribution is -0.122. The third-order valence-corrected chi connectivity index (χ3v) is 5.75. The smallest absolute Gasteiger partial charge is 0.220 e. The van der Waals surface area contributed by atoms with Gasteiger partial charge in [0.15, 0.2) is 0 Å². The molecular formula is C24H26N2O3. The van der Waals surface area contributed by atoms with E-state index in [2.05, 4.69) is 41.0 Å². The Morgan fingerprint density at radius 1 is 1.10 bits per heavy atom. The molecule has 1 atom stereocenters. The normalized spacial score (nSPS) is 18.7. The number of rotatable bonds is 8. The van der Waals surface area contributed by atoms with Crippen LogP contribution in [0.15, 0.2) is 65.3 Å². The summed E-state index contributed by atoms with van der Waals surface area (Å²) in [6, 6.07) is 18.3. The summed E-state index contributed by atoms with van der Waals surface area (Å²) in [4.78, 5) is 24.4. The van der Waals surface area contributed by atoms with Crippen LogP contribution in [-0.2, 0) is 22.4 Å². The predicted molar refractivity (Wildman–Crippen MR) is 112 cm³/mol. The van der Waals surface area contributed by atoms with Crippen LogP contribution in [0.5, 0.6) is 0 Å². The van der Waals surface area contributed by atoms with E-state index in [-0.39, 0.29) is 17.4 Å². The Balaban J connectivity index is 1.40. The summed E-state index contributed by atoms with van der Waals surface area (Å²) in [5.41, 5.74) is 0.850. The van der Waals surface area contributed by atoms with Crippen molar-refractivity contribution < 1.29 is 14.0 Å². The zero-order valence-corrected chi connectivity index (χ0v) is 16.4. The van der Waals surface area contributed by atoms with Gasteiger partial charge in [-0.25, -0.2) is 0 Å². The molecule has 2 amide bonds. The largest absolute Gasteiger partial charge is 0.469 e. The second-order valence-corrected chi connectivity index (χ2v) is 7.82. The molecule has 0 spiro atoms. The molecule has 0 saturated carbocycles. The van der Waals surface area contributed by atoms with E-state index in [1.807, 2.05) is 24.3 Å². The zero-order valence-electron chi connectivity index (χ0n) is 16.4. The molecule has 5 heteroatoms. The summed E-state index contributed by atoms with van der Waals surface area (Å²) in [6.45, 7) is 0.551. The van der Waals surface area contributed by atoms with Crippen molar-refractivity contribution >= 4 is 22.6 Å². The molecule has 0 bridgehead atoms. The summed E-state index contributed by atoms with van der Waals surface area (Å²) in [7, 11) is 0. The predicted octanol–water partition coefficient (Wildman–Crippen LogP) is 3.76. The van der Waals surface area contributed by atoms with Crippen molar-refractivity contribution in [2.75, 3.05) is 6.54 Å². The third kappa shape index (κ3) is 4.67. The van der Waals surface area contributed by atoms with E-state index >= 15 is 0 Å². The number of hydrogen-bond donors (Lipinski definition) is 2. The van der Waals surface area contributed by atoms with Gasteiger partial charge in [0.05, 0.1) is 6.26 Å². The molecule has 4 rings (SSSR count). The number of benzene rings is 2. The molecule has 29 heavy (non-hydrogen) atoms. The number of hydrogen-bond acceptors (Lipinski definition) is 3. The molecule has 1 aromatic heterocycles. The highest BCUT2D eigenvalue weighted by Crippen LogP contribution is 2.32.